The first-order chi connectivity index (χ1) is 11.9. The summed E-state index contributed by atoms with van der Waals surface area (Å²) in [6, 6.07) is 3.29. The van der Waals surface area contributed by atoms with Crippen molar-refractivity contribution in [2.45, 2.75) is 32.4 Å². The lowest BCUT2D eigenvalue weighted by Crippen LogP contribution is -2.39. The summed E-state index contributed by atoms with van der Waals surface area (Å²) in [6.07, 6.45) is 0.725. The van der Waals surface area contributed by atoms with E-state index in [0.717, 1.165) is 30.8 Å². The molecule has 25 heavy (non-hydrogen) atoms. The van der Waals surface area contributed by atoms with Crippen LogP contribution >= 0.6 is 0 Å². The summed E-state index contributed by atoms with van der Waals surface area (Å²) in [5, 5.41) is 16.0. The second kappa shape index (κ2) is 6.87. The summed E-state index contributed by atoms with van der Waals surface area (Å²) in [5.41, 5.74) is 5.00. The van der Waals surface area contributed by atoms with Gasteiger partial charge in [-0.3, -0.25) is 10.1 Å². The van der Waals surface area contributed by atoms with Gasteiger partial charge >= 0.3 is 5.69 Å². The molecule has 2 atom stereocenters. The number of rotatable bonds is 5. The molecule has 136 valence electrons. The van der Waals surface area contributed by atoms with Crippen molar-refractivity contribution in [2.24, 2.45) is 11.0 Å². The van der Waals surface area contributed by atoms with Gasteiger partial charge in [-0.25, -0.2) is 0 Å². The Hall–Kier alpha value is -2.35. The van der Waals surface area contributed by atoms with E-state index in [1.807, 2.05) is 19.9 Å². The topological polar surface area (TPSA) is 89.2 Å². The van der Waals surface area contributed by atoms with Gasteiger partial charge < -0.3 is 19.8 Å². The van der Waals surface area contributed by atoms with E-state index < -0.39 is 4.92 Å². The normalized spacial score (nSPS) is 23.0. The van der Waals surface area contributed by atoms with E-state index in [-0.39, 0.29) is 29.5 Å². The fourth-order valence-corrected chi connectivity index (χ4v) is 3.44. The van der Waals surface area contributed by atoms with Gasteiger partial charge in [0.05, 0.1) is 24.2 Å². The number of nitro groups is 1. The van der Waals surface area contributed by atoms with Gasteiger partial charge in [-0.1, -0.05) is 0 Å². The second-order valence-electron chi connectivity index (χ2n) is 6.82. The molecule has 1 N–H and O–H groups in total. The zero-order chi connectivity index (χ0) is 18.1. The van der Waals surface area contributed by atoms with Crippen LogP contribution in [0.2, 0.25) is 0 Å². The molecule has 1 aromatic carbocycles. The van der Waals surface area contributed by atoms with Gasteiger partial charge in [0.2, 0.25) is 5.75 Å². The van der Waals surface area contributed by atoms with Crippen molar-refractivity contribution in [1.29, 1.82) is 0 Å². The van der Waals surface area contributed by atoms with E-state index in [1.54, 1.807) is 6.07 Å². The third kappa shape index (κ3) is 3.39. The quantitative estimate of drug-likeness (QED) is 0.649. The smallest absolute Gasteiger partial charge is 0.315 e. The summed E-state index contributed by atoms with van der Waals surface area (Å²) in [4.78, 5) is 13.4. The van der Waals surface area contributed by atoms with Gasteiger partial charge in [0, 0.05) is 37.2 Å². The van der Waals surface area contributed by atoms with Gasteiger partial charge in [-0.05, 0) is 32.5 Å². The highest BCUT2D eigenvalue weighted by atomic mass is 16.6. The van der Waals surface area contributed by atoms with Crippen molar-refractivity contribution in [3.63, 3.8) is 0 Å². The molecule has 1 aromatic rings. The molecule has 8 heteroatoms. The van der Waals surface area contributed by atoms with Gasteiger partial charge in [-0.2, -0.15) is 5.10 Å². The molecule has 0 aromatic heterocycles. The summed E-state index contributed by atoms with van der Waals surface area (Å²) in [7, 11) is 3.57. The van der Waals surface area contributed by atoms with Crippen LogP contribution in [0.3, 0.4) is 0 Å². The molecule has 2 aliphatic heterocycles. The molecule has 0 aliphatic carbocycles. The Bertz CT molecular complexity index is 704. The van der Waals surface area contributed by atoms with Crippen LogP contribution in [0.15, 0.2) is 17.2 Å². The number of nitrogens with zero attached hydrogens (tertiary/aromatic N) is 3. The number of hydrogen-bond donors (Lipinski definition) is 1. The predicted octanol–water partition coefficient (Wildman–Crippen LogP) is 2.34. The molecule has 0 amide bonds. The van der Waals surface area contributed by atoms with Gasteiger partial charge in [-0.15, -0.1) is 0 Å². The maximum atomic E-state index is 11.6. The Morgan fingerprint density at radius 1 is 1.44 bits per heavy atom. The minimum Gasteiger partial charge on any atom is -0.493 e. The lowest BCUT2D eigenvalue weighted by Gasteiger charge is -2.31. The zero-order valence-electron chi connectivity index (χ0n) is 15.0. The van der Waals surface area contributed by atoms with Crippen molar-refractivity contribution in [3.05, 3.63) is 27.8 Å². The summed E-state index contributed by atoms with van der Waals surface area (Å²) in [6.45, 7) is 5.51. The molecule has 0 bridgehead atoms. The standard InChI is InChI=1S/C17H24N4O4/c1-10(2)25-17-14(21(22)23)7-11(8-15(17)24-4)16-12-9-20(3)6-5-13(12)18-19-16/h7-8,10,12,16,19H,5-6,9H2,1-4H3. The maximum absolute atomic E-state index is 11.6. The molecule has 1 saturated heterocycles. The molecule has 2 aliphatic rings. The van der Waals surface area contributed by atoms with Gasteiger partial charge in [0.1, 0.15) is 0 Å². The average Bonchev–Trinajstić information content (AvgIpc) is 2.97. The molecular weight excluding hydrogens is 324 g/mol. The number of ether oxygens (including phenoxy) is 2. The monoisotopic (exact) mass is 348 g/mol. The van der Waals surface area contributed by atoms with Crippen LogP contribution in [0.25, 0.3) is 0 Å². The van der Waals surface area contributed by atoms with E-state index in [4.69, 9.17) is 9.47 Å². The van der Waals surface area contributed by atoms with E-state index in [9.17, 15) is 10.1 Å². The predicted molar refractivity (Wildman–Crippen MR) is 94.3 cm³/mol. The highest BCUT2D eigenvalue weighted by molar-refractivity contribution is 5.90. The Morgan fingerprint density at radius 3 is 2.84 bits per heavy atom. The fourth-order valence-electron chi connectivity index (χ4n) is 3.44. The number of hydrazone groups is 1. The molecule has 3 rings (SSSR count). The third-order valence-corrected chi connectivity index (χ3v) is 4.62. The molecule has 0 spiro atoms. The van der Waals surface area contributed by atoms with Gasteiger partial charge in [0.15, 0.2) is 5.75 Å². The Kier molecular flexibility index (Phi) is 4.80. The molecule has 0 radical (unpaired) electrons. The Morgan fingerprint density at radius 2 is 2.20 bits per heavy atom. The second-order valence-corrected chi connectivity index (χ2v) is 6.82. The number of nitrogens with one attached hydrogen (secondary N) is 1. The van der Waals surface area contributed by atoms with Crippen LogP contribution in [-0.2, 0) is 0 Å². The highest BCUT2D eigenvalue weighted by Crippen LogP contribution is 2.43. The first-order valence-electron chi connectivity index (χ1n) is 8.44. The molecule has 2 unspecified atom stereocenters. The molecule has 1 fully saturated rings. The zero-order valence-corrected chi connectivity index (χ0v) is 15.0. The lowest BCUT2D eigenvalue weighted by atomic mass is 9.86. The number of likely N-dealkylation sites (tertiary alicyclic amines) is 1. The molecule has 0 saturated carbocycles. The minimum absolute atomic E-state index is 0.0811. The number of piperidine rings is 1. The summed E-state index contributed by atoms with van der Waals surface area (Å²) >= 11 is 0. The first-order valence-corrected chi connectivity index (χ1v) is 8.44. The molecular formula is C17H24N4O4. The summed E-state index contributed by atoms with van der Waals surface area (Å²) < 4.78 is 11.0. The molecule has 8 nitrogen and oxygen atoms in total. The van der Waals surface area contributed by atoms with Crippen LogP contribution in [-0.4, -0.2) is 48.9 Å². The van der Waals surface area contributed by atoms with E-state index >= 15 is 0 Å². The highest BCUT2D eigenvalue weighted by Gasteiger charge is 2.37. The first kappa shape index (κ1) is 17.5. The number of methoxy groups -OCH3 is 1. The van der Waals surface area contributed by atoms with E-state index in [2.05, 4.69) is 22.5 Å². The van der Waals surface area contributed by atoms with Crippen molar-refractivity contribution in [2.75, 3.05) is 27.2 Å². The van der Waals surface area contributed by atoms with Crippen LogP contribution in [0.1, 0.15) is 31.9 Å². The fraction of sp³-hybridized carbons (Fsp3) is 0.588. The Labute approximate surface area is 146 Å². The van der Waals surface area contributed by atoms with Crippen LogP contribution < -0.4 is 14.9 Å². The third-order valence-electron chi connectivity index (χ3n) is 4.62. The number of benzene rings is 1. The molecule has 2 heterocycles. The minimum atomic E-state index is -0.423. The van der Waals surface area contributed by atoms with Crippen LogP contribution in [0, 0.1) is 16.0 Å². The van der Waals surface area contributed by atoms with E-state index in [0.29, 0.717) is 5.75 Å². The van der Waals surface area contributed by atoms with Crippen molar-refractivity contribution < 1.29 is 14.4 Å². The van der Waals surface area contributed by atoms with E-state index in [1.165, 1.54) is 7.11 Å². The number of hydrogen-bond acceptors (Lipinski definition) is 7. The van der Waals surface area contributed by atoms with Crippen molar-refractivity contribution in [1.82, 2.24) is 10.3 Å². The summed E-state index contributed by atoms with van der Waals surface area (Å²) in [5.74, 6) is 0.753. The van der Waals surface area contributed by atoms with Crippen molar-refractivity contribution >= 4 is 11.4 Å². The number of nitro benzene ring substituents is 1. The van der Waals surface area contributed by atoms with Crippen LogP contribution in [0.4, 0.5) is 5.69 Å². The largest absolute Gasteiger partial charge is 0.493 e. The number of fused-ring (bicyclic) bond motifs is 1. The van der Waals surface area contributed by atoms with Crippen LogP contribution in [0.5, 0.6) is 11.5 Å². The average molecular weight is 348 g/mol. The lowest BCUT2D eigenvalue weighted by molar-refractivity contribution is -0.386. The van der Waals surface area contributed by atoms with Crippen molar-refractivity contribution in [3.8, 4) is 11.5 Å². The SMILES string of the molecule is COc1cc(C2NN=C3CCN(C)CC32)cc([N+](=O)[O-])c1OC(C)C. The Balaban J connectivity index is 2.00. The van der Waals surface area contributed by atoms with Gasteiger partial charge in [0.25, 0.3) is 0 Å². The maximum Gasteiger partial charge on any atom is 0.315 e.